The third-order valence-electron chi connectivity index (χ3n) is 4.01. The molecule has 1 saturated carbocycles. The van der Waals surface area contributed by atoms with Crippen LogP contribution in [-0.2, 0) is 14.9 Å². The summed E-state index contributed by atoms with van der Waals surface area (Å²) in [5.41, 5.74) is -0.760. The summed E-state index contributed by atoms with van der Waals surface area (Å²) >= 11 is 0. The molecule has 154 valence electrons. The van der Waals surface area contributed by atoms with Crippen LogP contribution in [0.1, 0.15) is 18.4 Å². The number of rotatable bonds is 8. The molecular weight excluding hydrogens is 385 g/mol. The van der Waals surface area contributed by atoms with Gasteiger partial charge in [0.1, 0.15) is 11.7 Å². The van der Waals surface area contributed by atoms with Gasteiger partial charge in [-0.15, -0.1) is 0 Å². The van der Waals surface area contributed by atoms with E-state index in [0.717, 1.165) is 18.4 Å². The Morgan fingerprint density at radius 3 is 2.45 bits per heavy atom. The van der Waals surface area contributed by atoms with Crippen LogP contribution >= 0.6 is 0 Å². The summed E-state index contributed by atoms with van der Waals surface area (Å²) in [4.78, 5) is 12.5. The molecule has 1 aliphatic carbocycles. The van der Waals surface area contributed by atoms with Crippen LogP contribution < -0.4 is 10.6 Å². The van der Waals surface area contributed by atoms with Crippen LogP contribution in [0.2, 0.25) is 0 Å². The highest BCUT2D eigenvalue weighted by atomic mass is 19.1. The Morgan fingerprint density at radius 2 is 1.90 bits per heavy atom. The van der Waals surface area contributed by atoms with Crippen LogP contribution in [0.3, 0.4) is 0 Å². The maximum absolute atomic E-state index is 14.0. The lowest BCUT2D eigenvalue weighted by molar-refractivity contribution is -0.426. The minimum Gasteiger partial charge on any atom is -0.399 e. The van der Waals surface area contributed by atoms with E-state index in [4.69, 9.17) is 31.5 Å². The highest BCUT2D eigenvalue weighted by Crippen LogP contribution is 2.49. The van der Waals surface area contributed by atoms with Crippen LogP contribution in [0.5, 0.6) is 0 Å². The zero-order chi connectivity index (χ0) is 21.7. The lowest BCUT2D eigenvalue weighted by atomic mass is 9.94. The van der Waals surface area contributed by atoms with Gasteiger partial charge in [0.25, 0.3) is 0 Å². The highest BCUT2D eigenvalue weighted by Gasteiger charge is 2.52. The molecule has 1 aromatic carbocycles. The smallest absolute Gasteiger partial charge is 0.399 e. The van der Waals surface area contributed by atoms with Crippen LogP contribution in [0.15, 0.2) is 48.3 Å². The van der Waals surface area contributed by atoms with Gasteiger partial charge in [0.15, 0.2) is 0 Å². The second-order valence-electron chi connectivity index (χ2n) is 6.19. The fraction of sp³-hybridized carbons (Fsp3) is 0.222. The van der Waals surface area contributed by atoms with Gasteiger partial charge in [-0.2, -0.15) is 0 Å². The van der Waals surface area contributed by atoms with E-state index in [9.17, 15) is 9.18 Å². The van der Waals surface area contributed by atoms with E-state index in [0.29, 0.717) is 12.8 Å². The van der Waals surface area contributed by atoms with Gasteiger partial charge < -0.3 is 36.1 Å². The fourth-order valence-corrected chi connectivity index (χ4v) is 2.54. The van der Waals surface area contributed by atoms with Gasteiger partial charge in [0.05, 0.1) is 11.1 Å². The van der Waals surface area contributed by atoms with Crippen molar-refractivity contribution in [1.82, 2.24) is 10.6 Å². The Labute approximate surface area is 164 Å². The maximum atomic E-state index is 14.0. The number of hydrogen-bond donors (Lipinski definition) is 8. The number of halogens is 1. The number of carbonyl (C=O) groups is 1. The van der Waals surface area contributed by atoms with Crippen molar-refractivity contribution in [3.8, 4) is 0 Å². The summed E-state index contributed by atoms with van der Waals surface area (Å²) in [7, 11) is 0. The number of amides is 1. The molecule has 0 bridgehead atoms. The molecular formula is C18H20FN5O5. The Hall–Kier alpha value is -3.41. The van der Waals surface area contributed by atoms with E-state index in [-0.39, 0.29) is 17.1 Å². The van der Waals surface area contributed by atoms with E-state index in [1.807, 2.05) is 0 Å². The largest absolute Gasteiger partial charge is 0.454 e. The average molecular weight is 405 g/mol. The Morgan fingerprint density at radius 1 is 1.24 bits per heavy atom. The van der Waals surface area contributed by atoms with E-state index < -0.39 is 29.2 Å². The lowest BCUT2D eigenvalue weighted by Crippen LogP contribution is -2.38. The number of ether oxygens (including phenoxy) is 1. The van der Waals surface area contributed by atoms with Crippen molar-refractivity contribution in [2.24, 2.45) is 0 Å². The van der Waals surface area contributed by atoms with Gasteiger partial charge >= 0.3 is 6.16 Å². The topological polar surface area (TPSA) is 183 Å². The zero-order valence-electron chi connectivity index (χ0n) is 15.1. The number of carbonyl (C=O) groups excluding carboxylic acids is 1. The van der Waals surface area contributed by atoms with Crippen LogP contribution in [-0.4, -0.2) is 45.3 Å². The van der Waals surface area contributed by atoms with Crippen molar-refractivity contribution >= 4 is 23.9 Å². The second kappa shape index (κ2) is 8.73. The Balaban J connectivity index is 1.94. The number of hydrogen-bond acceptors (Lipinski definition) is 9. The number of amidine groups is 1. The normalized spacial score (nSPS) is 15.5. The molecule has 0 aliphatic heterocycles. The molecule has 0 aromatic heterocycles. The quantitative estimate of drug-likeness (QED) is 0.173. The predicted octanol–water partition coefficient (Wildman–Crippen LogP) is 0.170. The molecule has 0 radical (unpaired) electrons. The first-order valence-corrected chi connectivity index (χ1v) is 8.32. The standard InChI is InChI=1S/C18H20FN5O5/c19-13-4-2-1-3-12(13)17(6-7-17)16(25)24-14(21)5-8-23-11(10-20)9-15(22)29-18(26,27)28/h1-5,8-10,20,22-23,26-28H,6-7H2,(H2,21,24,25)/b8-5-,11-9+,20-10?,22-15?. The van der Waals surface area contributed by atoms with Gasteiger partial charge in [0, 0.05) is 24.1 Å². The molecule has 0 spiro atoms. The van der Waals surface area contributed by atoms with E-state index in [1.54, 1.807) is 12.1 Å². The number of benzene rings is 1. The predicted molar refractivity (Wildman–Crippen MR) is 101 cm³/mol. The molecule has 1 fully saturated rings. The average Bonchev–Trinajstić information content (AvgIpc) is 3.41. The maximum Gasteiger partial charge on any atom is 0.454 e. The zero-order valence-corrected chi connectivity index (χ0v) is 15.1. The molecule has 11 heteroatoms. The molecule has 1 aromatic rings. The van der Waals surface area contributed by atoms with Gasteiger partial charge in [-0.25, -0.2) is 4.39 Å². The molecule has 2 rings (SSSR count). The third-order valence-corrected chi connectivity index (χ3v) is 4.01. The van der Waals surface area contributed by atoms with Crippen LogP contribution in [0, 0.1) is 22.0 Å². The molecule has 29 heavy (non-hydrogen) atoms. The monoisotopic (exact) mass is 405 g/mol. The number of nitrogens with one attached hydrogen (secondary N) is 5. The van der Waals surface area contributed by atoms with Crippen molar-refractivity contribution in [1.29, 1.82) is 16.2 Å². The van der Waals surface area contributed by atoms with Gasteiger partial charge in [-0.1, -0.05) is 18.2 Å². The Kier molecular flexibility index (Phi) is 6.59. The first kappa shape index (κ1) is 21.9. The van der Waals surface area contributed by atoms with Crippen molar-refractivity contribution in [2.75, 3.05) is 0 Å². The molecule has 10 nitrogen and oxygen atoms in total. The third kappa shape index (κ3) is 6.04. The van der Waals surface area contributed by atoms with Crippen LogP contribution in [0.25, 0.3) is 0 Å². The summed E-state index contributed by atoms with van der Waals surface area (Å²) in [6.07, 6.45) is 1.37. The molecule has 0 unspecified atom stereocenters. The van der Waals surface area contributed by atoms with Gasteiger partial charge in [-0.3, -0.25) is 15.6 Å². The van der Waals surface area contributed by atoms with Gasteiger partial charge in [-0.05, 0) is 25.0 Å². The molecule has 0 heterocycles. The first-order chi connectivity index (χ1) is 13.6. The highest BCUT2D eigenvalue weighted by molar-refractivity contribution is 6.07. The number of aliphatic hydroxyl groups is 3. The Bertz CT molecular complexity index is 887. The molecule has 8 N–H and O–H groups in total. The van der Waals surface area contributed by atoms with Crippen molar-refractivity contribution < 1.29 is 29.2 Å². The van der Waals surface area contributed by atoms with Crippen molar-refractivity contribution in [3.63, 3.8) is 0 Å². The van der Waals surface area contributed by atoms with E-state index >= 15 is 0 Å². The molecule has 1 amide bonds. The van der Waals surface area contributed by atoms with Crippen LogP contribution in [0.4, 0.5) is 4.39 Å². The summed E-state index contributed by atoms with van der Waals surface area (Å²) in [5, 5.41) is 53.0. The summed E-state index contributed by atoms with van der Waals surface area (Å²) in [5.74, 6) is -2.13. The number of allylic oxidation sites excluding steroid dienone is 1. The minimum atomic E-state index is -3.53. The van der Waals surface area contributed by atoms with E-state index in [1.165, 1.54) is 18.3 Å². The summed E-state index contributed by atoms with van der Waals surface area (Å²) < 4.78 is 18.0. The second-order valence-corrected chi connectivity index (χ2v) is 6.19. The van der Waals surface area contributed by atoms with E-state index in [2.05, 4.69) is 15.4 Å². The molecule has 1 aliphatic rings. The lowest BCUT2D eigenvalue weighted by Gasteiger charge is -2.16. The van der Waals surface area contributed by atoms with Crippen molar-refractivity contribution in [3.05, 3.63) is 59.7 Å². The SMILES string of the molecule is N=C/C(=C\C(=N)OC(O)(O)O)N/C=C\C(=N)NC(=O)C1(c2ccccc2F)CC1. The summed E-state index contributed by atoms with van der Waals surface area (Å²) in [6, 6.07) is 5.99. The van der Waals surface area contributed by atoms with Gasteiger partial charge in [0.2, 0.25) is 11.8 Å². The summed E-state index contributed by atoms with van der Waals surface area (Å²) in [6.45, 7) is 0. The minimum absolute atomic E-state index is 0.0559. The first-order valence-electron chi connectivity index (χ1n) is 8.32. The fourth-order valence-electron chi connectivity index (χ4n) is 2.54. The molecule has 0 atom stereocenters. The molecule has 0 saturated heterocycles. The van der Waals surface area contributed by atoms with Crippen molar-refractivity contribution in [2.45, 2.75) is 24.4 Å².